The molecule has 0 fully saturated rings. The Morgan fingerprint density at radius 3 is 2.74 bits per heavy atom. The smallest absolute Gasteiger partial charge is 0.274 e. The number of anilines is 2. The van der Waals surface area contributed by atoms with Crippen LogP contribution in [0.1, 0.15) is 36.1 Å². The molecule has 0 spiro atoms. The van der Waals surface area contributed by atoms with Crippen molar-refractivity contribution >= 4 is 17.4 Å². The number of hydrogen-bond donors (Lipinski definition) is 1. The number of amides is 1. The molecule has 0 atom stereocenters. The maximum absolute atomic E-state index is 13.6. The lowest BCUT2D eigenvalue weighted by Gasteiger charge is -2.18. The van der Waals surface area contributed by atoms with Crippen molar-refractivity contribution in [3.05, 3.63) is 47.7 Å². The Labute approximate surface area is 135 Å². The average molecular weight is 316 g/mol. The van der Waals surface area contributed by atoms with E-state index in [0.717, 1.165) is 19.4 Å². The average Bonchev–Trinajstić information content (AvgIpc) is 2.54. The van der Waals surface area contributed by atoms with E-state index in [4.69, 9.17) is 0 Å². The summed E-state index contributed by atoms with van der Waals surface area (Å²) < 4.78 is 13.6. The summed E-state index contributed by atoms with van der Waals surface area (Å²) in [5, 5.41) is 2.54. The second-order valence-electron chi connectivity index (χ2n) is 5.37. The van der Waals surface area contributed by atoms with Crippen molar-refractivity contribution in [2.45, 2.75) is 26.7 Å². The number of nitrogens with one attached hydrogen (secondary N) is 1. The van der Waals surface area contributed by atoms with E-state index in [2.05, 4.69) is 22.2 Å². The first-order valence-corrected chi connectivity index (χ1v) is 7.64. The van der Waals surface area contributed by atoms with Gasteiger partial charge >= 0.3 is 0 Å². The van der Waals surface area contributed by atoms with E-state index in [9.17, 15) is 9.18 Å². The third-order valence-electron chi connectivity index (χ3n) is 3.42. The van der Waals surface area contributed by atoms with Crippen molar-refractivity contribution in [1.82, 2.24) is 9.97 Å². The number of aryl methyl sites for hydroxylation is 1. The first-order valence-electron chi connectivity index (χ1n) is 7.64. The van der Waals surface area contributed by atoms with Gasteiger partial charge in [0.2, 0.25) is 0 Å². The molecule has 0 saturated heterocycles. The molecule has 5 nitrogen and oxygen atoms in total. The third-order valence-corrected chi connectivity index (χ3v) is 3.42. The molecule has 1 amide bonds. The Kier molecular flexibility index (Phi) is 5.62. The van der Waals surface area contributed by atoms with E-state index < -0.39 is 11.7 Å². The van der Waals surface area contributed by atoms with E-state index in [1.165, 1.54) is 12.1 Å². The molecule has 0 saturated carbocycles. The molecule has 0 aliphatic heterocycles. The second-order valence-corrected chi connectivity index (χ2v) is 5.37. The molecule has 2 rings (SSSR count). The van der Waals surface area contributed by atoms with E-state index in [1.807, 2.05) is 11.9 Å². The minimum atomic E-state index is -0.480. The molecule has 23 heavy (non-hydrogen) atoms. The summed E-state index contributed by atoms with van der Waals surface area (Å²) in [5.74, 6) is 0.256. The van der Waals surface area contributed by atoms with Gasteiger partial charge in [-0.25, -0.2) is 14.4 Å². The highest BCUT2D eigenvalue weighted by Crippen LogP contribution is 2.16. The fraction of sp³-hybridized carbons (Fsp3) is 0.353. The van der Waals surface area contributed by atoms with Crippen molar-refractivity contribution in [1.29, 1.82) is 0 Å². The monoisotopic (exact) mass is 316 g/mol. The van der Waals surface area contributed by atoms with Crippen LogP contribution in [-0.4, -0.2) is 29.5 Å². The standard InChI is InChI=1S/C17H21FN4O/c1-4-5-10-22(3)16-11-15(19-12(2)20-16)17(23)21-14-9-7-6-8-13(14)18/h6-9,11H,4-5,10H2,1-3H3,(H,21,23). The number of unbranched alkanes of at least 4 members (excludes halogenated alkanes) is 1. The van der Waals surface area contributed by atoms with Crippen molar-refractivity contribution in [2.75, 3.05) is 23.8 Å². The van der Waals surface area contributed by atoms with Gasteiger partial charge in [-0.15, -0.1) is 0 Å². The Morgan fingerprint density at radius 1 is 1.30 bits per heavy atom. The van der Waals surface area contributed by atoms with Gasteiger partial charge in [-0.3, -0.25) is 4.79 Å². The molecule has 0 bridgehead atoms. The Bertz CT molecular complexity index is 690. The first-order chi connectivity index (χ1) is 11.0. The number of carbonyl (C=O) groups excluding carboxylic acids is 1. The number of carbonyl (C=O) groups is 1. The Morgan fingerprint density at radius 2 is 2.04 bits per heavy atom. The molecular weight excluding hydrogens is 295 g/mol. The molecule has 0 aliphatic rings. The van der Waals surface area contributed by atoms with Crippen LogP contribution in [0, 0.1) is 12.7 Å². The lowest BCUT2D eigenvalue weighted by Crippen LogP contribution is -2.22. The van der Waals surface area contributed by atoms with Crippen LogP contribution in [0.3, 0.4) is 0 Å². The van der Waals surface area contributed by atoms with Crippen LogP contribution in [0.5, 0.6) is 0 Å². The van der Waals surface area contributed by atoms with E-state index in [-0.39, 0.29) is 11.4 Å². The molecule has 0 unspecified atom stereocenters. The summed E-state index contributed by atoms with van der Waals surface area (Å²) >= 11 is 0. The zero-order valence-corrected chi connectivity index (χ0v) is 13.6. The topological polar surface area (TPSA) is 58.1 Å². The van der Waals surface area contributed by atoms with Gasteiger partial charge in [0, 0.05) is 19.7 Å². The molecule has 1 aromatic carbocycles. The van der Waals surface area contributed by atoms with Crippen LogP contribution >= 0.6 is 0 Å². The van der Waals surface area contributed by atoms with Gasteiger partial charge < -0.3 is 10.2 Å². The van der Waals surface area contributed by atoms with Gasteiger partial charge in [0.05, 0.1) is 5.69 Å². The zero-order chi connectivity index (χ0) is 16.8. The highest BCUT2D eigenvalue weighted by molar-refractivity contribution is 6.03. The number of para-hydroxylation sites is 1. The van der Waals surface area contributed by atoms with Crippen molar-refractivity contribution in [3.8, 4) is 0 Å². The van der Waals surface area contributed by atoms with Crippen LogP contribution in [0.2, 0.25) is 0 Å². The third kappa shape index (κ3) is 4.48. The fourth-order valence-electron chi connectivity index (χ4n) is 2.12. The molecule has 2 aromatic rings. The summed E-state index contributed by atoms with van der Waals surface area (Å²) in [6.45, 7) is 4.70. The molecule has 1 N–H and O–H groups in total. The van der Waals surface area contributed by atoms with Gasteiger partial charge in [-0.1, -0.05) is 25.5 Å². The van der Waals surface area contributed by atoms with E-state index >= 15 is 0 Å². The Hall–Kier alpha value is -2.50. The maximum Gasteiger partial charge on any atom is 0.274 e. The number of benzene rings is 1. The predicted octanol–water partition coefficient (Wildman–Crippen LogP) is 3.41. The zero-order valence-electron chi connectivity index (χ0n) is 13.6. The van der Waals surface area contributed by atoms with Gasteiger partial charge in [-0.05, 0) is 25.5 Å². The number of hydrogen-bond acceptors (Lipinski definition) is 4. The molecule has 0 aliphatic carbocycles. The molecule has 1 aromatic heterocycles. The van der Waals surface area contributed by atoms with Crippen LogP contribution in [0.15, 0.2) is 30.3 Å². The summed E-state index contributed by atoms with van der Waals surface area (Å²) in [4.78, 5) is 22.8. The van der Waals surface area contributed by atoms with Crippen LogP contribution in [-0.2, 0) is 0 Å². The summed E-state index contributed by atoms with van der Waals surface area (Å²) in [6.07, 6.45) is 2.12. The quantitative estimate of drug-likeness (QED) is 0.887. The van der Waals surface area contributed by atoms with Crippen LogP contribution < -0.4 is 10.2 Å². The van der Waals surface area contributed by atoms with Crippen LogP contribution in [0.25, 0.3) is 0 Å². The normalized spacial score (nSPS) is 10.4. The Balaban J connectivity index is 2.20. The van der Waals surface area contributed by atoms with Crippen molar-refractivity contribution in [3.63, 3.8) is 0 Å². The lowest BCUT2D eigenvalue weighted by molar-refractivity contribution is 0.102. The van der Waals surface area contributed by atoms with E-state index in [0.29, 0.717) is 11.6 Å². The molecule has 122 valence electrons. The summed E-state index contributed by atoms with van der Waals surface area (Å²) in [7, 11) is 1.93. The van der Waals surface area contributed by atoms with Gasteiger partial charge in [0.25, 0.3) is 5.91 Å². The predicted molar refractivity (Wildman–Crippen MR) is 89.3 cm³/mol. The van der Waals surface area contributed by atoms with Crippen molar-refractivity contribution in [2.24, 2.45) is 0 Å². The summed E-state index contributed by atoms with van der Waals surface area (Å²) in [6, 6.07) is 7.66. The van der Waals surface area contributed by atoms with Crippen LogP contribution in [0.4, 0.5) is 15.9 Å². The van der Waals surface area contributed by atoms with E-state index in [1.54, 1.807) is 25.1 Å². The number of nitrogens with zero attached hydrogens (tertiary/aromatic N) is 3. The van der Waals surface area contributed by atoms with Crippen molar-refractivity contribution < 1.29 is 9.18 Å². The first kappa shape index (κ1) is 16.9. The number of halogens is 1. The minimum Gasteiger partial charge on any atom is -0.360 e. The minimum absolute atomic E-state index is 0.134. The maximum atomic E-state index is 13.6. The molecule has 0 radical (unpaired) electrons. The van der Waals surface area contributed by atoms with Gasteiger partial charge in [-0.2, -0.15) is 0 Å². The fourth-order valence-corrected chi connectivity index (χ4v) is 2.12. The second kappa shape index (κ2) is 7.67. The SMILES string of the molecule is CCCCN(C)c1cc(C(=O)Nc2ccccc2F)nc(C)n1. The largest absolute Gasteiger partial charge is 0.360 e. The molecule has 1 heterocycles. The summed E-state index contributed by atoms with van der Waals surface area (Å²) in [5.41, 5.74) is 0.355. The highest BCUT2D eigenvalue weighted by Gasteiger charge is 2.14. The molecular formula is C17H21FN4O. The highest BCUT2D eigenvalue weighted by atomic mass is 19.1. The van der Waals surface area contributed by atoms with Gasteiger partial charge in [0.15, 0.2) is 0 Å². The number of rotatable bonds is 6. The molecule has 6 heteroatoms. The lowest BCUT2D eigenvalue weighted by atomic mass is 10.2. The number of aromatic nitrogens is 2. The van der Waals surface area contributed by atoms with Gasteiger partial charge in [0.1, 0.15) is 23.2 Å².